The minimum Gasteiger partial charge on any atom is -0.507 e. The topological polar surface area (TPSA) is 63.3 Å². The maximum atomic E-state index is 11.8. The van der Waals surface area contributed by atoms with Crippen molar-refractivity contribution < 1.29 is 34.4 Å². The molecule has 4 nitrogen and oxygen atoms in total. The molecule has 0 saturated carbocycles. The van der Waals surface area contributed by atoms with Crippen molar-refractivity contribution in [3.63, 3.8) is 0 Å². The standard InChI is InChI=1S/C30H24NOSi.C15H12O2.Ir/c1-33(2,3)29-18-21-16-17-26(31-27(21)19-25(29)20-10-5-4-6-11-20)24-14-9-13-23-22-12-7-8-15-28(22)32-30(23)24;16-14(12-7-3-1-4-8-12)11-15(17)13-9-5-2-6-10-13;/h4-13,15-19H,1-3H3;1-11,16H;/q-1;;/b;14-11-;. The second kappa shape index (κ2) is 15.2. The molecule has 0 aliphatic rings. The first-order chi connectivity index (χ1) is 24.3. The van der Waals surface area contributed by atoms with Crippen LogP contribution in [0.5, 0.6) is 0 Å². The first-order valence-electron chi connectivity index (χ1n) is 16.6. The van der Waals surface area contributed by atoms with E-state index >= 15 is 0 Å². The maximum absolute atomic E-state index is 11.8. The van der Waals surface area contributed by atoms with E-state index in [0.29, 0.717) is 11.1 Å². The number of ketones is 1. The summed E-state index contributed by atoms with van der Waals surface area (Å²) in [6, 6.07) is 53.0. The van der Waals surface area contributed by atoms with Crippen LogP contribution in [0.3, 0.4) is 0 Å². The quantitative estimate of drug-likeness (QED) is 0.0595. The molecule has 2 aromatic heterocycles. The second-order valence-electron chi connectivity index (χ2n) is 13.2. The van der Waals surface area contributed by atoms with E-state index in [1.165, 1.54) is 27.8 Å². The molecule has 0 fully saturated rings. The fourth-order valence-electron chi connectivity index (χ4n) is 6.17. The predicted octanol–water partition coefficient (Wildman–Crippen LogP) is 11.3. The zero-order valence-corrected chi connectivity index (χ0v) is 32.0. The van der Waals surface area contributed by atoms with E-state index in [0.717, 1.165) is 38.7 Å². The van der Waals surface area contributed by atoms with Crippen LogP contribution < -0.4 is 5.19 Å². The molecule has 6 aromatic carbocycles. The molecule has 0 aliphatic heterocycles. The Morgan fingerprint density at radius 3 is 2.04 bits per heavy atom. The molecule has 1 N–H and O–H groups in total. The maximum Gasteiger partial charge on any atom is 0.189 e. The summed E-state index contributed by atoms with van der Waals surface area (Å²) in [5.41, 5.74) is 8.25. The average Bonchev–Trinajstić information content (AvgIpc) is 3.54. The summed E-state index contributed by atoms with van der Waals surface area (Å²) >= 11 is 0. The molecule has 0 bridgehead atoms. The third-order valence-corrected chi connectivity index (χ3v) is 10.7. The Labute approximate surface area is 312 Å². The predicted molar refractivity (Wildman–Crippen MR) is 210 cm³/mol. The van der Waals surface area contributed by atoms with Gasteiger partial charge in [0.25, 0.3) is 0 Å². The third-order valence-electron chi connectivity index (χ3n) is 8.71. The molecule has 1 radical (unpaired) electrons. The number of rotatable bonds is 6. The van der Waals surface area contributed by atoms with Crippen LogP contribution in [0, 0.1) is 6.07 Å². The minimum atomic E-state index is -1.56. The van der Waals surface area contributed by atoms with Crippen molar-refractivity contribution in [2.75, 3.05) is 0 Å². The minimum absolute atomic E-state index is 0. The largest absolute Gasteiger partial charge is 0.507 e. The van der Waals surface area contributed by atoms with Gasteiger partial charge in [0.1, 0.15) is 11.3 Å². The normalized spacial score (nSPS) is 11.5. The Kier molecular flexibility index (Phi) is 10.6. The monoisotopic (exact) mass is 859 g/mol. The summed E-state index contributed by atoms with van der Waals surface area (Å²) < 4.78 is 6.24. The van der Waals surface area contributed by atoms with Crippen LogP contribution in [0.4, 0.5) is 0 Å². The smallest absolute Gasteiger partial charge is 0.189 e. The molecular formula is C45H36IrNO3Si-. The molecule has 2 heterocycles. The van der Waals surface area contributed by atoms with Gasteiger partial charge < -0.3 is 9.52 Å². The Hall–Kier alpha value is -5.39. The molecule has 0 atom stereocenters. The molecular weight excluding hydrogens is 823 g/mol. The van der Waals surface area contributed by atoms with E-state index in [-0.39, 0.29) is 31.6 Å². The summed E-state index contributed by atoms with van der Waals surface area (Å²) in [4.78, 5) is 16.9. The Morgan fingerprint density at radius 1 is 0.725 bits per heavy atom. The van der Waals surface area contributed by atoms with Crippen LogP contribution in [0.2, 0.25) is 19.6 Å². The number of furan rings is 1. The van der Waals surface area contributed by atoms with Gasteiger partial charge in [-0.2, -0.15) is 0 Å². The summed E-state index contributed by atoms with van der Waals surface area (Å²) in [7, 11) is -1.56. The molecule has 6 heteroatoms. The molecule has 0 amide bonds. The van der Waals surface area contributed by atoms with Crippen molar-refractivity contribution >= 4 is 57.6 Å². The number of allylic oxidation sites excluding steroid dienone is 1. The van der Waals surface area contributed by atoms with Gasteiger partial charge in [-0.05, 0) is 34.3 Å². The van der Waals surface area contributed by atoms with E-state index in [1.54, 1.807) is 36.4 Å². The number of hydrogen-bond donors (Lipinski definition) is 1. The van der Waals surface area contributed by atoms with Gasteiger partial charge in [0.15, 0.2) is 5.78 Å². The van der Waals surface area contributed by atoms with Crippen LogP contribution in [0.25, 0.3) is 61.0 Å². The van der Waals surface area contributed by atoms with Gasteiger partial charge in [-0.3, -0.25) is 9.78 Å². The molecule has 0 aliphatic carbocycles. The van der Waals surface area contributed by atoms with Gasteiger partial charge in [0.2, 0.25) is 0 Å². The summed E-state index contributed by atoms with van der Waals surface area (Å²) in [6.07, 6.45) is 1.24. The number of aromatic nitrogens is 1. The molecule has 0 unspecified atom stereocenters. The van der Waals surface area contributed by atoms with Crippen molar-refractivity contribution in [1.29, 1.82) is 0 Å². The third kappa shape index (κ3) is 7.69. The van der Waals surface area contributed by atoms with Gasteiger partial charge in [0, 0.05) is 42.7 Å². The Morgan fingerprint density at radius 2 is 1.35 bits per heavy atom. The Balaban J connectivity index is 0.000000211. The van der Waals surface area contributed by atoms with E-state index in [9.17, 15) is 9.90 Å². The van der Waals surface area contributed by atoms with Crippen LogP contribution >= 0.6 is 0 Å². The second-order valence-corrected chi connectivity index (χ2v) is 18.3. The molecule has 0 spiro atoms. The van der Waals surface area contributed by atoms with E-state index in [4.69, 9.17) is 9.40 Å². The van der Waals surface area contributed by atoms with Crippen molar-refractivity contribution in [1.82, 2.24) is 4.98 Å². The van der Waals surface area contributed by atoms with Gasteiger partial charge in [-0.25, -0.2) is 0 Å². The molecule has 253 valence electrons. The van der Waals surface area contributed by atoms with Crippen LogP contribution in [-0.2, 0) is 20.1 Å². The number of aliphatic hydroxyl groups excluding tert-OH is 1. The van der Waals surface area contributed by atoms with Crippen LogP contribution in [0.15, 0.2) is 162 Å². The first kappa shape index (κ1) is 35.4. The number of carbonyl (C=O) groups excluding carboxylic acids is 1. The van der Waals surface area contributed by atoms with Crippen molar-refractivity contribution in [3.8, 4) is 22.4 Å². The summed E-state index contributed by atoms with van der Waals surface area (Å²) in [5.74, 6) is -0.216. The van der Waals surface area contributed by atoms with E-state index in [2.05, 4.69) is 92.4 Å². The molecule has 51 heavy (non-hydrogen) atoms. The van der Waals surface area contributed by atoms with Crippen molar-refractivity contribution in [2.24, 2.45) is 0 Å². The number of aliphatic hydroxyl groups is 1. The number of fused-ring (bicyclic) bond motifs is 4. The summed E-state index contributed by atoms with van der Waals surface area (Å²) in [5, 5.41) is 14.6. The number of para-hydroxylation sites is 1. The van der Waals surface area contributed by atoms with Crippen molar-refractivity contribution in [3.05, 3.63) is 175 Å². The molecule has 8 aromatic rings. The van der Waals surface area contributed by atoms with Gasteiger partial charge in [-0.15, -0.1) is 18.2 Å². The van der Waals surface area contributed by atoms with E-state index < -0.39 is 8.07 Å². The molecule has 0 saturated heterocycles. The Bertz CT molecular complexity index is 2490. The fraction of sp³-hybridized carbons (Fsp3) is 0.0667. The average molecular weight is 859 g/mol. The molecule has 8 rings (SSSR count). The zero-order chi connectivity index (χ0) is 34.7. The first-order valence-corrected chi connectivity index (χ1v) is 20.1. The number of carbonyl (C=O) groups is 1. The SMILES string of the molecule is C[Si](C)(C)c1cc2ccc(-c3[c-]ccc4c3oc3ccccc34)nc2cc1-c1ccccc1.O=C(/C=C(\O)c1ccccc1)c1ccccc1.[Ir]. The number of pyridine rings is 1. The number of benzene rings is 6. The number of nitrogens with zero attached hydrogens (tertiary/aromatic N) is 1. The number of hydrogen-bond acceptors (Lipinski definition) is 4. The van der Waals surface area contributed by atoms with Crippen LogP contribution in [-0.4, -0.2) is 23.9 Å². The van der Waals surface area contributed by atoms with Gasteiger partial charge >= 0.3 is 0 Å². The van der Waals surface area contributed by atoms with Gasteiger partial charge in [-0.1, -0.05) is 163 Å². The van der Waals surface area contributed by atoms with Gasteiger partial charge in [0.05, 0.1) is 19.2 Å². The zero-order valence-electron chi connectivity index (χ0n) is 28.6. The fourth-order valence-corrected chi connectivity index (χ4v) is 7.78. The summed E-state index contributed by atoms with van der Waals surface area (Å²) in [6.45, 7) is 7.21. The van der Waals surface area contributed by atoms with Crippen LogP contribution in [0.1, 0.15) is 15.9 Å². The van der Waals surface area contributed by atoms with Crippen molar-refractivity contribution in [2.45, 2.75) is 19.6 Å². The van der Waals surface area contributed by atoms with E-state index in [1.807, 2.05) is 48.5 Å².